The lowest BCUT2D eigenvalue weighted by Gasteiger charge is -2.05. The number of aryl methyl sites for hydroxylation is 1. The van der Waals surface area contributed by atoms with Crippen molar-refractivity contribution in [2.45, 2.75) is 13.3 Å². The lowest BCUT2D eigenvalue weighted by molar-refractivity contribution is 0.377. The summed E-state index contributed by atoms with van der Waals surface area (Å²) in [5, 5.41) is 6.09. The molecular formula is C10H9F3N4O. The van der Waals surface area contributed by atoms with E-state index >= 15 is 0 Å². The first-order chi connectivity index (χ1) is 8.56. The van der Waals surface area contributed by atoms with E-state index < -0.39 is 17.6 Å². The van der Waals surface area contributed by atoms with E-state index in [1.165, 1.54) is 0 Å². The molecule has 0 spiro atoms. The highest BCUT2D eigenvalue weighted by Gasteiger charge is 2.11. The van der Waals surface area contributed by atoms with Crippen molar-refractivity contribution in [1.82, 2.24) is 15.1 Å². The third-order valence-electron chi connectivity index (χ3n) is 2.09. The SMILES string of the molecule is Cc1noc(CCNc2nc(F)c(F)cc2F)n1. The van der Waals surface area contributed by atoms with Gasteiger partial charge < -0.3 is 9.84 Å². The summed E-state index contributed by atoms with van der Waals surface area (Å²) in [4.78, 5) is 7.04. The number of hydrogen-bond donors (Lipinski definition) is 1. The number of rotatable bonds is 4. The van der Waals surface area contributed by atoms with Crippen LogP contribution in [0.4, 0.5) is 19.0 Å². The fraction of sp³-hybridized carbons (Fsp3) is 0.300. The zero-order chi connectivity index (χ0) is 13.1. The second-order valence-electron chi connectivity index (χ2n) is 3.50. The second-order valence-corrected chi connectivity index (χ2v) is 3.50. The maximum absolute atomic E-state index is 13.2. The molecule has 2 rings (SSSR count). The van der Waals surface area contributed by atoms with Crippen LogP contribution in [0.1, 0.15) is 11.7 Å². The minimum Gasteiger partial charge on any atom is -0.367 e. The Kier molecular flexibility index (Phi) is 3.45. The molecule has 5 nitrogen and oxygen atoms in total. The van der Waals surface area contributed by atoms with Gasteiger partial charge in [-0.25, -0.2) is 8.78 Å². The van der Waals surface area contributed by atoms with Crippen LogP contribution < -0.4 is 5.32 Å². The van der Waals surface area contributed by atoms with Crippen molar-refractivity contribution in [3.05, 3.63) is 35.4 Å². The van der Waals surface area contributed by atoms with E-state index in [0.29, 0.717) is 24.2 Å². The second kappa shape index (κ2) is 5.03. The average Bonchev–Trinajstić information content (AvgIpc) is 2.71. The Labute approximate surface area is 100 Å². The van der Waals surface area contributed by atoms with Gasteiger partial charge in [0.2, 0.25) is 5.89 Å². The summed E-state index contributed by atoms with van der Waals surface area (Å²) in [6, 6.07) is 0.432. The predicted octanol–water partition coefficient (Wildman–Crippen LogP) is 1.84. The van der Waals surface area contributed by atoms with Gasteiger partial charge in [-0.15, -0.1) is 0 Å². The third kappa shape index (κ3) is 2.76. The van der Waals surface area contributed by atoms with E-state index in [1.807, 2.05) is 0 Å². The van der Waals surface area contributed by atoms with Crippen LogP contribution in [-0.2, 0) is 6.42 Å². The van der Waals surface area contributed by atoms with E-state index in [-0.39, 0.29) is 12.4 Å². The molecule has 0 aromatic carbocycles. The van der Waals surface area contributed by atoms with Crippen LogP contribution in [0.25, 0.3) is 0 Å². The van der Waals surface area contributed by atoms with Gasteiger partial charge >= 0.3 is 0 Å². The number of halogens is 3. The minimum atomic E-state index is -1.35. The van der Waals surface area contributed by atoms with Crippen LogP contribution in [-0.4, -0.2) is 21.7 Å². The van der Waals surface area contributed by atoms with Crippen molar-refractivity contribution in [1.29, 1.82) is 0 Å². The maximum Gasteiger partial charge on any atom is 0.251 e. The molecule has 0 amide bonds. The lowest BCUT2D eigenvalue weighted by Crippen LogP contribution is -2.10. The summed E-state index contributed by atoms with van der Waals surface area (Å²) in [7, 11) is 0. The van der Waals surface area contributed by atoms with Gasteiger partial charge in [0.05, 0.1) is 0 Å². The first-order valence-corrected chi connectivity index (χ1v) is 5.11. The first kappa shape index (κ1) is 12.3. The van der Waals surface area contributed by atoms with Crippen molar-refractivity contribution in [2.24, 2.45) is 0 Å². The molecule has 0 bridgehead atoms. The van der Waals surface area contributed by atoms with Gasteiger partial charge in [-0.05, 0) is 6.92 Å². The average molecular weight is 258 g/mol. The Bertz CT molecular complexity index is 558. The van der Waals surface area contributed by atoms with Crippen molar-refractivity contribution >= 4 is 5.82 Å². The fourth-order valence-electron chi connectivity index (χ4n) is 1.30. The Morgan fingerprint density at radius 2 is 2.00 bits per heavy atom. The third-order valence-corrected chi connectivity index (χ3v) is 2.09. The van der Waals surface area contributed by atoms with E-state index in [2.05, 4.69) is 20.4 Å². The molecule has 8 heteroatoms. The monoisotopic (exact) mass is 258 g/mol. The molecule has 2 aromatic heterocycles. The summed E-state index contributed by atoms with van der Waals surface area (Å²) in [5.74, 6) is -3.15. The summed E-state index contributed by atoms with van der Waals surface area (Å²) in [6.07, 6.45) is 0.320. The first-order valence-electron chi connectivity index (χ1n) is 5.11. The summed E-state index contributed by atoms with van der Waals surface area (Å²) < 4.78 is 43.4. The molecule has 0 atom stereocenters. The largest absolute Gasteiger partial charge is 0.367 e. The van der Waals surface area contributed by atoms with Crippen molar-refractivity contribution in [3.8, 4) is 0 Å². The molecule has 96 valence electrons. The normalized spacial score (nSPS) is 10.7. The number of hydrogen-bond acceptors (Lipinski definition) is 5. The number of pyridine rings is 1. The predicted molar refractivity (Wildman–Crippen MR) is 55.3 cm³/mol. The highest BCUT2D eigenvalue weighted by molar-refractivity contribution is 5.36. The summed E-state index contributed by atoms with van der Waals surface area (Å²) in [5.41, 5.74) is 0. The fourth-order valence-corrected chi connectivity index (χ4v) is 1.30. The molecule has 0 saturated heterocycles. The quantitative estimate of drug-likeness (QED) is 0.848. The molecule has 18 heavy (non-hydrogen) atoms. The lowest BCUT2D eigenvalue weighted by atomic mass is 10.4. The van der Waals surface area contributed by atoms with Crippen LogP contribution in [0.3, 0.4) is 0 Å². The van der Waals surface area contributed by atoms with E-state index in [0.717, 1.165) is 0 Å². The molecule has 1 N–H and O–H groups in total. The maximum atomic E-state index is 13.2. The Morgan fingerprint density at radius 3 is 2.67 bits per heavy atom. The highest BCUT2D eigenvalue weighted by Crippen LogP contribution is 2.14. The summed E-state index contributed by atoms with van der Waals surface area (Å²) in [6.45, 7) is 1.87. The van der Waals surface area contributed by atoms with Crippen LogP contribution >= 0.6 is 0 Å². The van der Waals surface area contributed by atoms with Crippen LogP contribution in [0.2, 0.25) is 0 Å². The van der Waals surface area contributed by atoms with Gasteiger partial charge in [-0.3, -0.25) is 0 Å². The molecule has 0 radical (unpaired) electrons. The van der Waals surface area contributed by atoms with Gasteiger partial charge in [0.15, 0.2) is 23.3 Å². The number of nitrogens with one attached hydrogen (secondary N) is 1. The Morgan fingerprint density at radius 1 is 1.22 bits per heavy atom. The van der Waals surface area contributed by atoms with Gasteiger partial charge in [0, 0.05) is 19.0 Å². The molecule has 2 heterocycles. The molecule has 0 aliphatic rings. The van der Waals surface area contributed by atoms with Crippen molar-refractivity contribution < 1.29 is 17.7 Å². The molecule has 0 aliphatic carbocycles. The van der Waals surface area contributed by atoms with Crippen LogP contribution in [0, 0.1) is 24.5 Å². The molecule has 2 aromatic rings. The number of aromatic nitrogens is 3. The Balaban J connectivity index is 1.96. The topological polar surface area (TPSA) is 63.8 Å². The standard InChI is InChI=1S/C10H9F3N4O/c1-5-15-8(18-17-5)2-3-14-10-7(12)4-6(11)9(13)16-10/h4H,2-3H2,1H3,(H,14,16). The van der Waals surface area contributed by atoms with Crippen LogP contribution in [0.15, 0.2) is 10.6 Å². The zero-order valence-electron chi connectivity index (χ0n) is 9.38. The zero-order valence-corrected chi connectivity index (χ0v) is 9.38. The molecule has 0 saturated carbocycles. The van der Waals surface area contributed by atoms with Crippen molar-refractivity contribution in [3.63, 3.8) is 0 Å². The van der Waals surface area contributed by atoms with E-state index in [1.54, 1.807) is 6.92 Å². The van der Waals surface area contributed by atoms with Gasteiger partial charge in [0.1, 0.15) is 0 Å². The molecule has 0 unspecified atom stereocenters. The molecule has 0 aliphatic heterocycles. The van der Waals surface area contributed by atoms with Gasteiger partial charge in [-0.1, -0.05) is 5.16 Å². The Hall–Kier alpha value is -2.12. The van der Waals surface area contributed by atoms with Crippen molar-refractivity contribution in [2.75, 3.05) is 11.9 Å². The van der Waals surface area contributed by atoms with Crippen LogP contribution in [0.5, 0.6) is 0 Å². The van der Waals surface area contributed by atoms with Gasteiger partial charge in [-0.2, -0.15) is 14.4 Å². The number of anilines is 1. The molecular weight excluding hydrogens is 249 g/mol. The minimum absolute atomic E-state index is 0.205. The molecule has 0 fully saturated rings. The summed E-state index contributed by atoms with van der Waals surface area (Å²) >= 11 is 0. The number of nitrogens with zero attached hydrogens (tertiary/aromatic N) is 3. The highest BCUT2D eigenvalue weighted by atomic mass is 19.2. The van der Waals surface area contributed by atoms with Gasteiger partial charge in [0.25, 0.3) is 5.95 Å². The van der Waals surface area contributed by atoms with E-state index in [4.69, 9.17) is 4.52 Å². The smallest absolute Gasteiger partial charge is 0.251 e. The van der Waals surface area contributed by atoms with E-state index in [9.17, 15) is 13.2 Å².